The molecular formula is C15H17NO7. The van der Waals surface area contributed by atoms with Gasteiger partial charge in [-0.1, -0.05) is 6.07 Å². The zero-order chi connectivity index (χ0) is 17.4. The highest BCUT2D eigenvalue weighted by Crippen LogP contribution is 2.14. The number of ether oxygens (including phenoxy) is 2. The fraction of sp³-hybridized carbons (Fsp3) is 0.333. The maximum Gasteiger partial charge on any atom is 0.326 e. The van der Waals surface area contributed by atoms with Crippen molar-refractivity contribution in [2.24, 2.45) is 0 Å². The zero-order valence-corrected chi connectivity index (χ0v) is 12.7. The van der Waals surface area contributed by atoms with Crippen LogP contribution in [0.15, 0.2) is 24.3 Å². The summed E-state index contributed by atoms with van der Waals surface area (Å²) in [5.74, 6) is -3.19. The van der Waals surface area contributed by atoms with E-state index in [1.54, 1.807) is 6.92 Å². The Morgan fingerprint density at radius 1 is 1.26 bits per heavy atom. The standard InChI is InChI=1S/C15H17NO7/c1-3-22-13(18)8-12(15(20)21)16-14(19)10-5-4-6-11(7-10)23-9(2)17/h4-7,12H,3,8H2,1-2H3,(H,16,19)(H,20,21)/t12-/m1/s1. The van der Waals surface area contributed by atoms with Gasteiger partial charge in [0, 0.05) is 12.5 Å². The number of aliphatic carboxylic acids is 1. The van der Waals surface area contributed by atoms with Crippen LogP contribution in [0.5, 0.6) is 5.75 Å². The number of hydrogen-bond acceptors (Lipinski definition) is 6. The average Bonchev–Trinajstić information content (AvgIpc) is 2.46. The average molecular weight is 323 g/mol. The summed E-state index contributed by atoms with van der Waals surface area (Å²) >= 11 is 0. The van der Waals surface area contributed by atoms with Gasteiger partial charge in [0.05, 0.1) is 13.0 Å². The highest BCUT2D eigenvalue weighted by Gasteiger charge is 2.24. The normalized spacial score (nSPS) is 11.2. The fourth-order valence-corrected chi connectivity index (χ4v) is 1.70. The lowest BCUT2D eigenvalue weighted by atomic mass is 10.1. The Balaban J connectivity index is 2.80. The lowest BCUT2D eigenvalue weighted by molar-refractivity contribution is -0.149. The molecule has 0 saturated carbocycles. The summed E-state index contributed by atoms with van der Waals surface area (Å²) in [7, 11) is 0. The molecule has 0 fully saturated rings. The minimum atomic E-state index is -1.42. The van der Waals surface area contributed by atoms with Crippen molar-refractivity contribution in [1.29, 1.82) is 0 Å². The van der Waals surface area contributed by atoms with E-state index in [-0.39, 0.29) is 17.9 Å². The molecule has 0 radical (unpaired) electrons. The summed E-state index contributed by atoms with van der Waals surface area (Å²) in [6.07, 6.45) is -0.488. The lowest BCUT2D eigenvalue weighted by Crippen LogP contribution is -2.42. The quantitative estimate of drug-likeness (QED) is 0.561. The van der Waals surface area contributed by atoms with E-state index in [1.165, 1.54) is 31.2 Å². The summed E-state index contributed by atoms with van der Waals surface area (Å²) in [5.41, 5.74) is 0.0962. The van der Waals surface area contributed by atoms with Crippen molar-refractivity contribution < 1.29 is 33.8 Å². The highest BCUT2D eigenvalue weighted by molar-refractivity contribution is 5.97. The van der Waals surface area contributed by atoms with Gasteiger partial charge < -0.3 is 19.9 Å². The van der Waals surface area contributed by atoms with Gasteiger partial charge in [-0.05, 0) is 25.1 Å². The highest BCUT2D eigenvalue weighted by atomic mass is 16.5. The molecule has 8 nitrogen and oxygen atoms in total. The molecule has 0 aliphatic carbocycles. The van der Waals surface area contributed by atoms with Gasteiger partial charge in [0.25, 0.3) is 5.91 Å². The van der Waals surface area contributed by atoms with E-state index < -0.39 is 36.3 Å². The van der Waals surface area contributed by atoms with E-state index in [1.807, 2.05) is 0 Å². The summed E-state index contributed by atoms with van der Waals surface area (Å²) in [6, 6.07) is 4.25. The summed E-state index contributed by atoms with van der Waals surface area (Å²) in [4.78, 5) is 45.4. The first-order valence-electron chi connectivity index (χ1n) is 6.81. The van der Waals surface area contributed by atoms with Crippen LogP contribution in [-0.2, 0) is 19.1 Å². The Hall–Kier alpha value is -2.90. The smallest absolute Gasteiger partial charge is 0.326 e. The summed E-state index contributed by atoms with van der Waals surface area (Å²) in [6.45, 7) is 2.92. The number of benzene rings is 1. The molecule has 0 heterocycles. The Kier molecular flexibility index (Phi) is 6.72. The van der Waals surface area contributed by atoms with Gasteiger partial charge in [-0.15, -0.1) is 0 Å². The van der Waals surface area contributed by atoms with Gasteiger partial charge in [0.1, 0.15) is 11.8 Å². The van der Waals surface area contributed by atoms with Crippen LogP contribution < -0.4 is 10.1 Å². The van der Waals surface area contributed by atoms with Crippen LogP contribution >= 0.6 is 0 Å². The van der Waals surface area contributed by atoms with Gasteiger partial charge in [0.2, 0.25) is 0 Å². The molecule has 0 aliphatic rings. The van der Waals surface area contributed by atoms with Crippen molar-refractivity contribution >= 4 is 23.8 Å². The number of carboxylic acids is 1. The Morgan fingerprint density at radius 3 is 2.52 bits per heavy atom. The van der Waals surface area contributed by atoms with Gasteiger partial charge in [-0.3, -0.25) is 14.4 Å². The van der Waals surface area contributed by atoms with Crippen LogP contribution in [0, 0.1) is 0 Å². The van der Waals surface area contributed by atoms with E-state index in [0.717, 1.165) is 0 Å². The molecule has 1 rings (SSSR count). The molecular weight excluding hydrogens is 306 g/mol. The van der Waals surface area contributed by atoms with Crippen molar-refractivity contribution in [3.8, 4) is 5.75 Å². The Labute approximate surface area is 132 Å². The van der Waals surface area contributed by atoms with Crippen LogP contribution in [0.1, 0.15) is 30.6 Å². The predicted molar refractivity (Wildman–Crippen MR) is 77.9 cm³/mol. The van der Waals surface area contributed by atoms with E-state index in [4.69, 9.17) is 9.84 Å². The topological polar surface area (TPSA) is 119 Å². The largest absolute Gasteiger partial charge is 0.480 e. The molecule has 0 aromatic heterocycles. The maximum absolute atomic E-state index is 12.1. The van der Waals surface area contributed by atoms with Crippen molar-refractivity contribution in [1.82, 2.24) is 5.32 Å². The SMILES string of the molecule is CCOC(=O)C[C@@H](NC(=O)c1cccc(OC(C)=O)c1)C(=O)O. The van der Waals surface area contributed by atoms with Crippen molar-refractivity contribution in [2.45, 2.75) is 26.3 Å². The zero-order valence-electron chi connectivity index (χ0n) is 12.7. The van der Waals surface area contributed by atoms with Gasteiger partial charge in [0.15, 0.2) is 0 Å². The molecule has 1 aromatic carbocycles. The molecule has 8 heteroatoms. The van der Waals surface area contributed by atoms with Crippen LogP contribution in [0.2, 0.25) is 0 Å². The molecule has 0 spiro atoms. The van der Waals surface area contributed by atoms with E-state index in [0.29, 0.717) is 0 Å². The van der Waals surface area contributed by atoms with Gasteiger partial charge in [-0.2, -0.15) is 0 Å². The molecule has 1 atom stereocenters. The number of rotatable bonds is 7. The first-order valence-corrected chi connectivity index (χ1v) is 6.81. The number of carbonyl (C=O) groups excluding carboxylic acids is 3. The van der Waals surface area contributed by atoms with Crippen LogP contribution in [0.25, 0.3) is 0 Å². The second-order valence-corrected chi connectivity index (χ2v) is 4.49. The third-order valence-corrected chi connectivity index (χ3v) is 2.64. The molecule has 0 aliphatic heterocycles. The maximum atomic E-state index is 12.1. The predicted octanol–water partition coefficient (Wildman–Crippen LogP) is 0.748. The molecule has 2 N–H and O–H groups in total. The Bertz CT molecular complexity index is 612. The van der Waals surface area contributed by atoms with Crippen LogP contribution in [0.3, 0.4) is 0 Å². The molecule has 23 heavy (non-hydrogen) atoms. The number of carboxylic acid groups (broad SMARTS) is 1. The fourth-order valence-electron chi connectivity index (χ4n) is 1.70. The van der Waals surface area contributed by atoms with E-state index in [2.05, 4.69) is 10.1 Å². The van der Waals surface area contributed by atoms with Crippen molar-refractivity contribution in [3.05, 3.63) is 29.8 Å². The number of hydrogen-bond donors (Lipinski definition) is 2. The lowest BCUT2D eigenvalue weighted by Gasteiger charge is -2.14. The van der Waals surface area contributed by atoms with E-state index in [9.17, 15) is 19.2 Å². The molecule has 1 aromatic rings. The van der Waals surface area contributed by atoms with Crippen LogP contribution in [0.4, 0.5) is 0 Å². The third kappa shape index (κ3) is 6.16. The number of amides is 1. The van der Waals surface area contributed by atoms with Crippen molar-refractivity contribution in [3.63, 3.8) is 0 Å². The first kappa shape index (κ1) is 18.1. The second kappa shape index (κ2) is 8.52. The number of carbonyl (C=O) groups is 4. The van der Waals surface area contributed by atoms with Gasteiger partial charge in [-0.25, -0.2) is 4.79 Å². The first-order chi connectivity index (χ1) is 10.8. The minimum Gasteiger partial charge on any atom is -0.480 e. The monoisotopic (exact) mass is 323 g/mol. The van der Waals surface area contributed by atoms with Gasteiger partial charge >= 0.3 is 17.9 Å². The summed E-state index contributed by atoms with van der Waals surface area (Å²) in [5, 5.41) is 11.3. The van der Waals surface area contributed by atoms with E-state index >= 15 is 0 Å². The molecule has 124 valence electrons. The number of nitrogens with one attached hydrogen (secondary N) is 1. The summed E-state index contributed by atoms with van der Waals surface area (Å²) < 4.78 is 9.51. The third-order valence-electron chi connectivity index (χ3n) is 2.64. The second-order valence-electron chi connectivity index (χ2n) is 4.49. The minimum absolute atomic E-state index is 0.0962. The molecule has 1 amide bonds. The Morgan fingerprint density at radius 2 is 1.96 bits per heavy atom. The number of esters is 2. The van der Waals surface area contributed by atoms with Crippen LogP contribution in [-0.4, -0.2) is 41.6 Å². The molecule has 0 unspecified atom stereocenters. The van der Waals surface area contributed by atoms with Crippen molar-refractivity contribution in [2.75, 3.05) is 6.61 Å². The molecule has 0 bridgehead atoms. The molecule has 0 saturated heterocycles.